The molecule has 4 heteroatoms. The molecule has 0 N–H and O–H groups in total. The van der Waals surface area contributed by atoms with Crippen molar-refractivity contribution in [2.24, 2.45) is 0 Å². The van der Waals surface area contributed by atoms with Crippen LogP contribution in [0, 0.1) is 11.3 Å². The first-order valence-electron chi connectivity index (χ1n) is 5.38. The van der Waals surface area contributed by atoms with Crippen molar-refractivity contribution in [2.45, 2.75) is 13.0 Å². The number of rotatable bonds is 4. The molecular formula is C13H12N4. The van der Waals surface area contributed by atoms with Crippen LogP contribution in [0.3, 0.4) is 0 Å². The van der Waals surface area contributed by atoms with E-state index in [4.69, 9.17) is 5.26 Å². The average molecular weight is 224 g/mol. The van der Waals surface area contributed by atoms with Crippen LogP contribution in [0.25, 0.3) is 12.2 Å². The van der Waals surface area contributed by atoms with Gasteiger partial charge in [0.25, 0.3) is 0 Å². The molecule has 4 nitrogen and oxygen atoms in total. The minimum absolute atomic E-state index is 0.450. The van der Waals surface area contributed by atoms with Crippen LogP contribution in [0.1, 0.15) is 17.8 Å². The normalized spacial score (nSPS) is 10.5. The Labute approximate surface area is 99.8 Å². The molecule has 0 saturated carbocycles. The van der Waals surface area contributed by atoms with Crippen molar-refractivity contribution in [3.05, 3.63) is 48.0 Å². The number of aromatic nitrogens is 3. The van der Waals surface area contributed by atoms with Crippen molar-refractivity contribution in [3.8, 4) is 6.07 Å². The van der Waals surface area contributed by atoms with Gasteiger partial charge < -0.3 is 0 Å². The van der Waals surface area contributed by atoms with Gasteiger partial charge in [0.05, 0.1) is 19.0 Å². The first-order valence-corrected chi connectivity index (χ1v) is 5.38. The number of hydrogen-bond acceptors (Lipinski definition) is 3. The highest BCUT2D eigenvalue weighted by atomic mass is 15.3. The van der Waals surface area contributed by atoms with Gasteiger partial charge in [-0.3, -0.25) is 4.68 Å². The third-order valence-electron chi connectivity index (χ3n) is 2.23. The molecule has 0 aliphatic heterocycles. The first-order chi connectivity index (χ1) is 8.38. The smallest absolute Gasteiger partial charge is 0.173 e. The maximum atomic E-state index is 8.46. The van der Waals surface area contributed by atoms with E-state index in [2.05, 4.69) is 16.2 Å². The summed E-state index contributed by atoms with van der Waals surface area (Å²) in [4.78, 5) is 4.14. The van der Waals surface area contributed by atoms with E-state index in [-0.39, 0.29) is 0 Å². The molecule has 0 atom stereocenters. The van der Waals surface area contributed by atoms with E-state index in [0.29, 0.717) is 18.8 Å². The molecule has 2 aromatic rings. The van der Waals surface area contributed by atoms with Crippen molar-refractivity contribution < 1.29 is 0 Å². The minimum atomic E-state index is 0.450. The fourth-order valence-electron chi connectivity index (χ4n) is 1.39. The molecule has 0 spiro atoms. The van der Waals surface area contributed by atoms with Crippen LogP contribution >= 0.6 is 0 Å². The van der Waals surface area contributed by atoms with E-state index in [0.717, 1.165) is 5.56 Å². The van der Waals surface area contributed by atoms with Crippen molar-refractivity contribution >= 4 is 12.2 Å². The molecule has 0 amide bonds. The monoisotopic (exact) mass is 224 g/mol. The Hall–Kier alpha value is -2.41. The van der Waals surface area contributed by atoms with Gasteiger partial charge in [0.1, 0.15) is 6.33 Å². The minimum Gasteiger partial charge on any atom is -0.251 e. The van der Waals surface area contributed by atoms with Gasteiger partial charge in [0.15, 0.2) is 5.82 Å². The molecule has 1 heterocycles. The number of aryl methyl sites for hydroxylation is 1. The van der Waals surface area contributed by atoms with Crippen LogP contribution in [0.2, 0.25) is 0 Å². The number of nitrogens with zero attached hydrogens (tertiary/aromatic N) is 4. The van der Waals surface area contributed by atoms with Crippen molar-refractivity contribution in [2.75, 3.05) is 0 Å². The molecule has 0 aliphatic rings. The Bertz CT molecular complexity index is 534. The van der Waals surface area contributed by atoms with E-state index >= 15 is 0 Å². The van der Waals surface area contributed by atoms with Gasteiger partial charge in [-0.15, -0.1) is 0 Å². The van der Waals surface area contributed by atoms with Gasteiger partial charge in [-0.25, -0.2) is 4.98 Å². The summed E-state index contributed by atoms with van der Waals surface area (Å²) in [5.41, 5.74) is 1.11. The molecule has 1 aromatic heterocycles. The quantitative estimate of drug-likeness (QED) is 0.801. The molecule has 0 radical (unpaired) electrons. The van der Waals surface area contributed by atoms with Gasteiger partial charge in [-0.2, -0.15) is 10.4 Å². The predicted octanol–water partition coefficient (Wildman–Crippen LogP) is 2.36. The maximum absolute atomic E-state index is 8.46. The lowest BCUT2D eigenvalue weighted by atomic mass is 10.2. The number of nitriles is 1. The van der Waals surface area contributed by atoms with Crippen LogP contribution in [0.15, 0.2) is 36.7 Å². The largest absolute Gasteiger partial charge is 0.251 e. The fraction of sp³-hybridized carbons (Fsp3) is 0.154. The second kappa shape index (κ2) is 5.61. The highest BCUT2D eigenvalue weighted by Gasteiger charge is 1.96. The van der Waals surface area contributed by atoms with Crippen LogP contribution in [-0.2, 0) is 6.54 Å². The van der Waals surface area contributed by atoms with Crippen molar-refractivity contribution in [1.29, 1.82) is 5.26 Å². The molecule has 0 aliphatic carbocycles. The summed E-state index contributed by atoms with van der Waals surface area (Å²) in [5.74, 6) is 0.659. The SMILES string of the molecule is N#CCCn1cnc(C=Cc2ccccc2)n1. The number of benzene rings is 1. The lowest BCUT2D eigenvalue weighted by molar-refractivity contribution is 0.624. The van der Waals surface area contributed by atoms with E-state index in [1.807, 2.05) is 42.5 Å². The predicted molar refractivity (Wildman–Crippen MR) is 65.6 cm³/mol. The van der Waals surface area contributed by atoms with Crippen LogP contribution in [0.4, 0.5) is 0 Å². The zero-order valence-corrected chi connectivity index (χ0v) is 9.32. The first kappa shape index (κ1) is 11.1. The van der Waals surface area contributed by atoms with Gasteiger partial charge in [-0.1, -0.05) is 36.4 Å². The summed E-state index contributed by atoms with van der Waals surface area (Å²) >= 11 is 0. The van der Waals surface area contributed by atoms with Crippen LogP contribution in [-0.4, -0.2) is 14.8 Å². The molecule has 17 heavy (non-hydrogen) atoms. The molecule has 0 saturated heterocycles. The topological polar surface area (TPSA) is 54.5 Å². The van der Waals surface area contributed by atoms with E-state index in [1.165, 1.54) is 0 Å². The second-order valence-corrected chi connectivity index (χ2v) is 3.52. The summed E-state index contributed by atoms with van der Waals surface area (Å²) in [6, 6.07) is 12.1. The van der Waals surface area contributed by atoms with E-state index < -0.39 is 0 Å². The van der Waals surface area contributed by atoms with E-state index in [9.17, 15) is 0 Å². The molecule has 1 aromatic carbocycles. The number of hydrogen-bond donors (Lipinski definition) is 0. The zero-order chi connectivity index (χ0) is 11.9. The summed E-state index contributed by atoms with van der Waals surface area (Å²) in [7, 11) is 0. The Morgan fingerprint density at radius 3 is 2.82 bits per heavy atom. The molecule has 84 valence electrons. The molecule has 0 fully saturated rings. The molecule has 2 rings (SSSR count). The summed E-state index contributed by atoms with van der Waals surface area (Å²) in [6.45, 7) is 0.586. The molecular weight excluding hydrogens is 212 g/mol. The summed E-state index contributed by atoms with van der Waals surface area (Å²) in [5, 5.41) is 12.7. The van der Waals surface area contributed by atoms with Crippen LogP contribution < -0.4 is 0 Å². The highest BCUT2D eigenvalue weighted by molar-refractivity contribution is 5.66. The van der Waals surface area contributed by atoms with Gasteiger partial charge >= 0.3 is 0 Å². The highest BCUT2D eigenvalue weighted by Crippen LogP contribution is 2.04. The molecule has 0 unspecified atom stereocenters. The van der Waals surface area contributed by atoms with Crippen molar-refractivity contribution in [3.63, 3.8) is 0 Å². The van der Waals surface area contributed by atoms with Crippen LogP contribution in [0.5, 0.6) is 0 Å². The van der Waals surface area contributed by atoms with Crippen molar-refractivity contribution in [1.82, 2.24) is 14.8 Å². The second-order valence-electron chi connectivity index (χ2n) is 3.52. The molecule has 0 bridgehead atoms. The third-order valence-corrected chi connectivity index (χ3v) is 2.23. The fourth-order valence-corrected chi connectivity index (χ4v) is 1.39. The van der Waals surface area contributed by atoms with Gasteiger partial charge in [0.2, 0.25) is 0 Å². The van der Waals surface area contributed by atoms with Gasteiger partial charge in [0, 0.05) is 0 Å². The standard InChI is InChI=1S/C13H12N4/c14-9-4-10-17-11-15-13(16-17)8-7-12-5-2-1-3-6-12/h1-3,5-8,11H,4,10H2. The Kier molecular flexibility index (Phi) is 3.66. The average Bonchev–Trinajstić information content (AvgIpc) is 2.83. The van der Waals surface area contributed by atoms with E-state index in [1.54, 1.807) is 11.0 Å². The Balaban J connectivity index is 2.02. The Morgan fingerprint density at radius 1 is 1.24 bits per heavy atom. The third kappa shape index (κ3) is 3.28. The summed E-state index contributed by atoms with van der Waals surface area (Å²) in [6.07, 6.45) is 5.91. The lowest BCUT2D eigenvalue weighted by Crippen LogP contribution is -1.97. The van der Waals surface area contributed by atoms with Gasteiger partial charge in [-0.05, 0) is 11.6 Å². The Morgan fingerprint density at radius 2 is 2.06 bits per heavy atom. The zero-order valence-electron chi connectivity index (χ0n) is 9.32. The lowest BCUT2D eigenvalue weighted by Gasteiger charge is -1.92. The summed E-state index contributed by atoms with van der Waals surface area (Å²) < 4.78 is 1.67. The maximum Gasteiger partial charge on any atom is 0.173 e.